The van der Waals surface area contributed by atoms with E-state index < -0.39 is 0 Å². The summed E-state index contributed by atoms with van der Waals surface area (Å²) in [6, 6.07) is 12.0. The van der Waals surface area contributed by atoms with E-state index in [1.165, 1.54) is 19.3 Å². The van der Waals surface area contributed by atoms with Gasteiger partial charge in [-0.25, -0.2) is 4.52 Å². The van der Waals surface area contributed by atoms with Crippen LogP contribution >= 0.6 is 0 Å². The molecule has 1 aliphatic rings. The first-order chi connectivity index (χ1) is 18.1. The van der Waals surface area contributed by atoms with Gasteiger partial charge in [0.1, 0.15) is 11.4 Å². The Labute approximate surface area is 221 Å². The third-order valence-electron chi connectivity index (χ3n) is 7.23. The second-order valence-corrected chi connectivity index (χ2v) is 10.00. The number of nitrogens with zero attached hydrogens (tertiary/aromatic N) is 4. The molecular formula is C31H42N4O2. The van der Waals surface area contributed by atoms with E-state index >= 15 is 0 Å². The number of likely N-dealkylation sites (tertiary alicyclic amines) is 1. The van der Waals surface area contributed by atoms with Crippen molar-refractivity contribution in [2.75, 3.05) is 39.8 Å². The van der Waals surface area contributed by atoms with E-state index in [0.29, 0.717) is 0 Å². The molecule has 1 fully saturated rings. The number of carbonyl (C=O) groups is 1. The van der Waals surface area contributed by atoms with Gasteiger partial charge < -0.3 is 9.64 Å². The first-order valence-electron chi connectivity index (χ1n) is 14.0. The molecule has 6 heteroatoms. The molecule has 1 aromatic carbocycles. The highest BCUT2D eigenvalue weighted by Crippen LogP contribution is 2.30. The highest BCUT2D eigenvalue weighted by atomic mass is 16.5. The van der Waals surface area contributed by atoms with Gasteiger partial charge in [-0.3, -0.25) is 9.69 Å². The quantitative estimate of drug-likeness (QED) is 0.282. The van der Waals surface area contributed by atoms with Crippen LogP contribution in [0.5, 0.6) is 5.75 Å². The number of unbranched alkanes of at least 4 members (excludes halogenated alkanes) is 2. The zero-order chi connectivity index (χ0) is 26.0. The van der Waals surface area contributed by atoms with Gasteiger partial charge in [-0.15, -0.1) is 0 Å². The highest BCUT2D eigenvalue weighted by Gasteiger charge is 2.19. The third kappa shape index (κ3) is 6.80. The molecule has 0 radical (unpaired) electrons. The summed E-state index contributed by atoms with van der Waals surface area (Å²) < 4.78 is 7.26. The number of piperidine rings is 1. The Hall–Kier alpha value is -3.12. The van der Waals surface area contributed by atoms with Crippen LogP contribution in [0.4, 0.5) is 0 Å². The highest BCUT2D eigenvalue weighted by molar-refractivity contribution is 5.96. The maximum absolute atomic E-state index is 13.5. The van der Waals surface area contributed by atoms with Gasteiger partial charge in [0.05, 0.1) is 12.6 Å². The lowest BCUT2D eigenvalue weighted by molar-refractivity contribution is 0.0751. The molecule has 0 aliphatic carbocycles. The number of methoxy groups -OCH3 is 1. The summed E-state index contributed by atoms with van der Waals surface area (Å²) in [5.41, 5.74) is 4.67. The predicted octanol–water partition coefficient (Wildman–Crippen LogP) is 6.55. The van der Waals surface area contributed by atoms with Gasteiger partial charge in [0.2, 0.25) is 0 Å². The number of hydrogen-bond donors (Lipinski definition) is 0. The summed E-state index contributed by atoms with van der Waals surface area (Å²) >= 11 is 0. The van der Waals surface area contributed by atoms with Crippen molar-refractivity contribution in [3.05, 3.63) is 59.8 Å². The molecule has 6 nitrogen and oxygen atoms in total. The zero-order valence-electron chi connectivity index (χ0n) is 22.8. The molecule has 0 atom stereocenters. The van der Waals surface area contributed by atoms with Crippen molar-refractivity contribution >= 4 is 17.5 Å². The Balaban J connectivity index is 1.70. The third-order valence-corrected chi connectivity index (χ3v) is 7.23. The number of benzene rings is 1. The topological polar surface area (TPSA) is 50.1 Å². The molecule has 3 heterocycles. The standard InChI is InChI=1S/C31H42N4O2/c1-4-6-21-34(22-7-5-2)31(36)26-17-23-35-29(24-26)28(12-11-20-33-18-9-8-10-19-33)30(32-35)25-13-15-27(37-3)16-14-25/h11-17,23-24H,4-10,18-22H2,1-3H3/b12-11+. The molecule has 0 N–H and O–H groups in total. The second-order valence-electron chi connectivity index (χ2n) is 10.00. The summed E-state index contributed by atoms with van der Waals surface area (Å²) in [5.74, 6) is 0.932. The number of rotatable bonds is 12. The van der Waals surface area contributed by atoms with Crippen molar-refractivity contribution in [2.45, 2.75) is 58.8 Å². The van der Waals surface area contributed by atoms with Crippen LogP contribution in [0.15, 0.2) is 48.7 Å². The van der Waals surface area contributed by atoms with Crippen molar-refractivity contribution in [3.63, 3.8) is 0 Å². The van der Waals surface area contributed by atoms with E-state index in [1.54, 1.807) is 7.11 Å². The van der Waals surface area contributed by atoms with Crippen LogP contribution in [0.1, 0.15) is 74.7 Å². The lowest BCUT2D eigenvalue weighted by Crippen LogP contribution is -2.33. The average molecular weight is 503 g/mol. The summed E-state index contributed by atoms with van der Waals surface area (Å²) in [6.45, 7) is 9.20. The van der Waals surface area contributed by atoms with Gasteiger partial charge in [-0.2, -0.15) is 5.10 Å². The van der Waals surface area contributed by atoms with Crippen LogP contribution < -0.4 is 4.74 Å². The fraction of sp³-hybridized carbons (Fsp3) is 0.484. The first kappa shape index (κ1) is 26.9. The molecule has 1 amide bonds. The minimum absolute atomic E-state index is 0.111. The van der Waals surface area contributed by atoms with Crippen LogP contribution in [0.3, 0.4) is 0 Å². The maximum atomic E-state index is 13.5. The lowest BCUT2D eigenvalue weighted by Gasteiger charge is -2.24. The summed E-state index contributed by atoms with van der Waals surface area (Å²) in [6.07, 6.45) is 14.5. The van der Waals surface area contributed by atoms with Crippen LogP contribution in [0, 0.1) is 0 Å². The molecule has 198 valence electrons. The van der Waals surface area contributed by atoms with Crippen molar-refractivity contribution < 1.29 is 9.53 Å². The maximum Gasteiger partial charge on any atom is 0.253 e. The van der Waals surface area contributed by atoms with Gasteiger partial charge >= 0.3 is 0 Å². The van der Waals surface area contributed by atoms with Gasteiger partial charge in [-0.05, 0) is 75.2 Å². The minimum atomic E-state index is 0.111. The molecule has 2 aromatic heterocycles. The smallest absolute Gasteiger partial charge is 0.253 e. The Kier molecular flexibility index (Phi) is 9.78. The average Bonchev–Trinajstić information content (AvgIpc) is 3.31. The van der Waals surface area contributed by atoms with E-state index in [0.717, 1.165) is 92.1 Å². The molecule has 0 unspecified atom stereocenters. The largest absolute Gasteiger partial charge is 0.497 e. The SMILES string of the molecule is CCCCN(CCCC)C(=O)c1ccn2nc(-c3ccc(OC)cc3)c(/C=C/CN3CCCCC3)c2c1. The van der Waals surface area contributed by atoms with Crippen LogP contribution in [0.25, 0.3) is 22.9 Å². The Morgan fingerprint density at radius 2 is 1.73 bits per heavy atom. The van der Waals surface area contributed by atoms with Crippen LogP contribution in [-0.4, -0.2) is 65.2 Å². The molecule has 37 heavy (non-hydrogen) atoms. The summed E-state index contributed by atoms with van der Waals surface area (Å²) in [7, 11) is 1.68. The minimum Gasteiger partial charge on any atom is -0.497 e. The second kappa shape index (κ2) is 13.4. The van der Waals surface area contributed by atoms with E-state index in [1.807, 2.05) is 52.0 Å². The van der Waals surface area contributed by atoms with Gasteiger partial charge in [0, 0.05) is 42.5 Å². The molecule has 0 saturated carbocycles. The van der Waals surface area contributed by atoms with Crippen LogP contribution in [0.2, 0.25) is 0 Å². The number of pyridine rings is 1. The lowest BCUT2D eigenvalue weighted by atomic mass is 10.0. The Morgan fingerprint density at radius 1 is 1.03 bits per heavy atom. The van der Waals surface area contributed by atoms with Gasteiger partial charge in [-0.1, -0.05) is 45.3 Å². The Bertz CT molecular complexity index is 1170. The van der Waals surface area contributed by atoms with E-state index in [9.17, 15) is 4.79 Å². The molecular weight excluding hydrogens is 460 g/mol. The molecule has 1 aliphatic heterocycles. The fourth-order valence-electron chi connectivity index (χ4n) is 4.98. The van der Waals surface area contributed by atoms with Crippen molar-refractivity contribution in [1.29, 1.82) is 0 Å². The van der Waals surface area contributed by atoms with Crippen molar-refractivity contribution in [2.24, 2.45) is 0 Å². The number of carbonyl (C=O) groups excluding carboxylic acids is 1. The molecule has 0 bridgehead atoms. The number of ether oxygens (including phenoxy) is 1. The fourth-order valence-corrected chi connectivity index (χ4v) is 4.98. The number of amides is 1. The molecule has 0 spiro atoms. The summed E-state index contributed by atoms with van der Waals surface area (Å²) in [4.78, 5) is 18.1. The zero-order valence-corrected chi connectivity index (χ0v) is 22.8. The number of aromatic nitrogens is 2. The summed E-state index contributed by atoms with van der Waals surface area (Å²) in [5, 5.41) is 4.93. The molecule has 1 saturated heterocycles. The van der Waals surface area contributed by atoms with Gasteiger partial charge in [0.25, 0.3) is 5.91 Å². The van der Waals surface area contributed by atoms with Crippen LogP contribution in [-0.2, 0) is 0 Å². The number of fused-ring (bicyclic) bond motifs is 1. The van der Waals surface area contributed by atoms with Crippen molar-refractivity contribution in [1.82, 2.24) is 19.4 Å². The Morgan fingerprint density at radius 3 is 2.38 bits per heavy atom. The normalized spacial score (nSPS) is 14.5. The number of hydrogen-bond acceptors (Lipinski definition) is 4. The molecule has 4 rings (SSSR count). The predicted molar refractivity (Wildman–Crippen MR) is 152 cm³/mol. The molecule has 3 aromatic rings. The van der Waals surface area contributed by atoms with Crippen molar-refractivity contribution in [3.8, 4) is 17.0 Å². The van der Waals surface area contributed by atoms with E-state index in [2.05, 4.69) is 30.9 Å². The van der Waals surface area contributed by atoms with Gasteiger partial charge in [0.15, 0.2) is 0 Å². The van der Waals surface area contributed by atoms with E-state index in [-0.39, 0.29) is 5.91 Å². The van der Waals surface area contributed by atoms with E-state index in [4.69, 9.17) is 9.84 Å². The monoisotopic (exact) mass is 502 g/mol. The first-order valence-corrected chi connectivity index (χ1v) is 14.0.